The largest absolute Gasteiger partial charge is 0.355 e. The van der Waals surface area contributed by atoms with E-state index in [4.69, 9.17) is 11.6 Å². The number of carbonyl (C=O) groups excluding carboxylic acids is 3. The molecular weight excluding hydrogens is 366 g/mol. The number of hydrogen-bond acceptors (Lipinski definition) is 3. The first-order valence-electron chi connectivity index (χ1n) is 8.57. The van der Waals surface area contributed by atoms with Crippen LogP contribution >= 0.6 is 11.6 Å². The lowest BCUT2D eigenvalue weighted by atomic mass is 10.1. The van der Waals surface area contributed by atoms with Crippen LogP contribution in [0.5, 0.6) is 0 Å². The third-order valence-electron chi connectivity index (χ3n) is 3.97. The molecule has 2 aromatic carbocycles. The predicted octanol–water partition coefficient (Wildman–Crippen LogP) is 3.16. The molecule has 3 N–H and O–H groups in total. The molecule has 0 saturated carbocycles. The van der Waals surface area contributed by atoms with Gasteiger partial charge in [-0.3, -0.25) is 14.4 Å². The normalized spacial score (nSPS) is 10.2. The lowest BCUT2D eigenvalue weighted by Crippen LogP contribution is -2.25. The number of amides is 3. The molecule has 0 aliphatic carbocycles. The average molecular weight is 388 g/mol. The molecule has 0 aromatic heterocycles. The Bertz CT molecular complexity index is 835. The molecule has 2 rings (SSSR count). The first kappa shape index (κ1) is 20.5. The molecule has 0 unspecified atom stereocenters. The quantitative estimate of drug-likeness (QED) is 0.638. The Hall–Kier alpha value is -2.86. The predicted molar refractivity (Wildman–Crippen MR) is 106 cm³/mol. The molecule has 0 saturated heterocycles. The van der Waals surface area contributed by atoms with Crippen LogP contribution in [0.25, 0.3) is 0 Å². The fraction of sp³-hybridized carbons (Fsp3) is 0.250. The van der Waals surface area contributed by atoms with Crippen LogP contribution in [0.4, 0.5) is 5.69 Å². The van der Waals surface area contributed by atoms with E-state index in [0.717, 1.165) is 5.56 Å². The summed E-state index contributed by atoms with van der Waals surface area (Å²) in [6.45, 7) is 2.24. The molecule has 0 aliphatic heterocycles. The monoisotopic (exact) mass is 387 g/mol. The molecule has 3 amide bonds. The standard InChI is InChI=1S/C20H22ClN3O3/c1-13-5-6-15(19(26)22-2)12-17(13)24-18(25)4-3-11-23-20(27)14-7-9-16(21)10-8-14/h5-10,12H,3-4,11H2,1-2H3,(H,22,26)(H,23,27)(H,24,25). The van der Waals surface area contributed by atoms with Crippen LogP contribution in [0, 0.1) is 6.92 Å². The molecular formula is C20H22ClN3O3. The molecule has 27 heavy (non-hydrogen) atoms. The molecule has 0 heterocycles. The van der Waals surface area contributed by atoms with Gasteiger partial charge in [-0.1, -0.05) is 17.7 Å². The Morgan fingerprint density at radius 3 is 2.30 bits per heavy atom. The minimum absolute atomic E-state index is 0.173. The smallest absolute Gasteiger partial charge is 0.251 e. The van der Waals surface area contributed by atoms with Gasteiger partial charge in [-0.2, -0.15) is 0 Å². The minimum atomic E-state index is -0.213. The van der Waals surface area contributed by atoms with Gasteiger partial charge >= 0.3 is 0 Å². The van der Waals surface area contributed by atoms with E-state index in [1.54, 1.807) is 49.5 Å². The maximum atomic E-state index is 12.1. The van der Waals surface area contributed by atoms with Gasteiger partial charge in [0.15, 0.2) is 0 Å². The lowest BCUT2D eigenvalue weighted by molar-refractivity contribution is -0.116. The van der Waals surface area contributed by atoms with Crippen molar-refractivity contribution in [3.63, 3.8) is 0 Å². The number of nitrogens with one attached hydrogen (secondary N) is 3. The second kappa shape index (κ2) is 9.73. The van der Waals surface area contributed by atoms with E-state index in [2.05, 4.69) is 16.0 Å². The third-order valence-corrected chi connectivity index (χ3v) is 4.23. The second-order valence-electron chi connectivity index (χ2n) is 6.02. The zero-order valence-electron chi connectivity index (χ0n) is 15.3. The summed E-state index contributed by atoms with van der Waals surface area (Å²) < 4.78 is 0. The fourth-order valence-corrected chi connectivity index (χ4v) is 2.54. The van der Waals surface area contributed by atoms with Crippen LogP contribution in [0.3, 0.4) is 0 Å². The summed E-state index contributed by atoms with van der Waals surface area (Å²) in [6.07, 6.45) is 0.754. The van der Waals surface area contributed by atoms with Gasteiger partial charge in [0.25, 0.3) is 11.8 Å². The summed E-state index contributed by atoms with van der Waals surface area (Å²) in [7, 11) is 1.55. The van der Waals surface area contributed by atoms with Crippen molar-refractivity contribution in [2.45, 2.75) is 19.8 Å². The Morgan fingerprint density at radius 2 is 1.63 bits per heavy atom. The fourth-order valence-electron chi connectivity index (χ4n) is 2.41. The highest BCUT2D eigenvalue weighted by Gasteiger charge is 2.10. The van der Waals surface area contributed by atoms with Gasteiger partial charge in [0.05, 0.1) is 0 Å². The highest BCUT2D eigenvalue weighted by Crippen LogP contribution is 2.17. The van der Waals surface area contributed by atoms with Crippen LogP contribution < -0.4 is 16.0 Å². The molecule has 0 radical (unpaired) electrons. The van der Waals surface area contributed by atoms with E-state index in [0.29, 0.717) is 34.8 Å². The van der Waals surface area contributed by atoms with Gasteiger partial charge < -0.3 is 16.0 Å². The number of hydrogen-bond donors (Lipinski definition) is 3. The van der Waals surface area contributed by atoms with Crippen LogP contribution in [-0.4, -0.2) is 31.3 Å². The van der Waals surface area contributed by atoms with Crippen molar-refractivity contribution in [1.82, 2.24) is 10.6 Å². The highest BCUT2D eigenvalue weighted by atomic mass is 35.5. The molecule has 0 aliphatic rings. The van der Waals surface area contributed by atoms with Gasteiger partial charge in [0.1, 0.15) is 0 Å². The molecule has 6 nitrogen and oxygen atoms in total. The number of benzene rings is 2. The molecule has 0 atom stereocenters. The first-order chi connectivity index (χ1) is 12.9. The van der Waals surface area contributed by atoms with Crippen molar-refractivity contribution < 1.29 is 14.4 Å². The molecule has 0 fully saturated rings. The molecule has 2 aromatic rings. The van der Waals surface area contributed by atoms with Crippen molar-refractivity contribution in [3.8, 4) is 0 Å². The van der Waals surface area contributed by atoms with E-state index in [-0.39, 0.29) is 24.1 Å². The van der Waals surface area contributed by atoms with Crippen LogP contribution in [-0.2, 0) is 4.79 Å². The van der Waals surface area contributed by atoms with Crippen molar-refractivity contribution in [2.75, 3.05) is 18.9 Å². The Balaban J connectivity index is 1.80. The highest BCUT2D eigenvalue weighted by molar-refractivity contribution is 6.30. The van der Waals surface area contributed by atoms with Crippen LogP contribution in [0.1, 0.15) is 39.1 Å². The number of carbonyl (C=O) groups is 3. The molecule has 142 valence electrons. The molecule has 0 spiro atoms. The Labute approximate surface area is 163 Å². The average Bonchev–Trinajstić information content (AvgIpc) is 2.66. The lowest BCUT2D eigenvalue weighted by Gasteiger charge is -2.10. The van der Waals surface area contributed by atoms with E-state index in [9.17, 15) is 14.4 Å². The van der Waals surface area contributed by atoms with Gasteiger partial charge in [0, 0.05) is 41.9 Å². The zero-order valence-corrected chi connectivity index (χ0v) is 16.0. The summed E-state index contributed by atoms with van der Waals surface area (Å²) in [6, 6.07) is 11.7. The van der Waals surface area contributed by atoms with Gasteiger partial charge in [0.2, 0.25) is 5.91 Å². The van der Waals surface area contributed by atoms with Crippen molar-refractivity contribution >= 4 is 35.0 Å². The third kappa shape index (κ3) is 6.11. The zero-order chi connectivity index (χ0) is 19.8. The van der Waals surface area contributed by atoms with E-state index in [1.165, 1.54) is 0 Å². The van der Waals surface area contributed by atoms with Crippen molar-refractivity contribution in [3.05, 3.63) is 64.2 Å². The number of halogens is 1. The maximum absolute atomic E-state index is 12.1. The van der Waals surface area contributed by atoms with Crippen molar-refractivity contribution in [2.24, 2.45) is 0 Å². The Kier molecular flexibility index (Phi) is 7.37. The number of anilines is 1. The summed E-state index contributed by atoms with van der Waals surface area (Å²) in [4.78, 5) is 35.8. The number of aryl methyl sites for hydroxylation is 1. The van der Waals surface area contributed by atoms with E-state index >= 15 is 0 Å². The van der Waals surface area contributed by atoms with Gasteiger partial charge in [-0.15, -0.1) is 0 Å². The maximum Gasteiger partial charge on any atom is 0.251 e. The SMILES string of the molecule is CNC(=O)c1ccc(C)c(NC(=O)CCCNC(=O)c2ccc(Cl)cc2)c1. The summed E-state index contributed by atoms with van der Waals surface area (Å²) >= 11 is 5.79. The Morgan fingerprint density at radius 1 is 0.963 bits per heavy atom. The second-order valence-corrected chi connectivity index (χ2v) is 6.46. The number of rotatable bonds is 7. The summed E-state index contributed by atoms with van der Waals surface area (Å²) in [5.41, 5.74) is 2.47. The van der Waals surface area contributed by atoms with Gasteiger partial charge in [-0.25, -0.2) is 0 Å². The van der Waals surface area contributed by atoms with E-state index in [1.807, 2.05) is 6.92 Å². The van der Waals surface area contributed by atoms with Gasteiger partial charge in [-0.05, 0) is 55.3 Å². The topological polar surface area (TPSA) is 87.3 Å². The van der Waals surface area contributed by atoms with Crippen LogP contribution in [0.15, 0.2) is 42.5 Å². The van der Waals surface area contributed by atoms with E-state index < -0.39 is 0 Å². The minimum Gasteiger partial charge on any atom is -0.355 e. The van der Waals surface area contributed by atoms with Crippen molar-refractivity contribution in [1.29, 1.82) is 0 Å². The molecule has 0 bridgehead atoms. The summed E-state index contributed by atoms with van der Waals surface area (Å²) in [5, 5.41) is 8.69. The molecule has 7 heteroatoms. The van der Waals surface area contributed by atoms with Crippen LogP contribution in [0.2, 0.25) is 5.02 Å². The first-order valence-corrected chi connectivity index (χ1v) is 8.95. The summed E-state index contributed by atoms with van der Waals surface area (Å²) in [5.74, 6) is -0.593.